The van der Waals surface area contributed by atoms with Crippen LogP contribution in [0.4, 0.5) is 5.69 Å². The number of carbonyl (C=O) groups is 1. The van der Waals surface area contributed by atoms with Gasteiger partial charge in [-0.1, -0.05) is 35.9 Å². The molecule has 1 saturated heterocycles. The number of para-hydroxylation sites is 1. The Morgan fingerprint density at radius 3 is 2.59 bits per heavy atom. The molecule has 0 saturated carbocycles. The van der Waals surface area contributed by atoms with Gasteiger partial charge in [0.25, 0.3) is 0 Å². The number of halogens is 1. The smallest absolute Gasteiger partial charge is 0.234 e. The highest BCUT2D eigenvalue weighted by molar-refractivity contribution is 6.30. The molecule has 0 spiro atoms. The van der Waals surface area contributed by atoms with Crippen LogP contribution in [0.3, 0.4) is 0 Å². The van der Waals surface area contributed by atoms with Crippen LogP contribution >= 0.6 is 11.6 Å². The summed E-state index contributed by atoms with van der Waals surface area (Å²) in [6.45, 7) is 5.85. The molecule has 0 bridgehead atoms. The fraction of sp³-hybridized carbons (Fsp3) is 0.381. The third kappa shape index (κ3) is 5.15. The molecule has 1 amide bonds. The van der Waals surface area contributed by atoms with E-state index in [-0.39, 0.29) is 11.9 Å². The van der Waals surface area contributed by atoms with Crippen LogP contribution in [-0.2, 0) is 4.79 Å². The number of ether oxygens (including phenoxy) is 1. The number of anilines is 1. The largest absolute Gasteiger partial charge is 0.496 e. The summed E-state index contributed by atoms with van der Waals surface area (Å²) in [4.78, 5) is 17.0. The Morgan fingerprint density at radius 2 is 1.89 bits per heavy atom. The molecule has 0 aliphatic carbocycles. The molecule has 2 aromatic rings. The average Bonchev–Trinajstić information content (AvgIpc) is 2.68. The number of amides is 1. The van der Waals surface area contributed by atoms with Crippen molar-refractivity contribution in [2.75, 3.05) is 44.7 Å². The Labute approximate surface area is 165 Å². The lowest BCUT2D eigenvalue weighted by Crippen LogP contribution is -2.49. The molecule has 1 aliphatic rings. The van der Waals surface area contributed by atoms with Crippen molar-refractivity contribution in [1.82, 2.24) is 10.2 Å². The first-order valence-electron chi connectivity index (χ1n) is 9.22. The molecule has 3 rings (SSSR count). The van der Waals surface area contributed by atoms with Gasteiger partial charge in [-0.2, -0.15) is 0 Å². The van der Waals surface area contributed by atoms with E-state index in [0.717, 1.165) is 48.2 Å². The van der Waals surface area contributed by atoms with Crippen LogP contribution in [0.25, 0.3) is 0 Å². The fourth-order valence-corrected chi connectivity index (χ4v) is 3.61. The summed E-state index contributed by atoms with van der Waals surface area (Å²) in [6.07, 6.45) is 0. The quantitative estimate of drug-likeness (QED) is 0.825. The number of hydrogen-bond donors (Lipinski definition) is 1. The first-order valence-corrected chi connectivity index (χ1v) is 9.60. The average molecular weight is 388 g/mol. The van der Waals surface area contributed by atoms with Crippen LogP contribution in [0.1, 0.15) is 18.5 Å². The summed E-state index contributed by atoms with van der Waals surface area (Å²) in [6, 6.07) is 15.6. The van der Waals surface area contributed by atoms with E-state index in [1.54, 1.807) is 7.11 Å². The summed E-state index contributed by atoms with van der Waals surface area (Å²) in [5, 5.41) is 3.83. The van der Waals surface area contributed by atoms with Gasteiger partial charge in [-0.15, -0.1) is 0 Å². The van der Waals surface area contributed by atoms with E-state index in [1.807, 2.05) is 49.4 Å². The molecule has 0 radical (unpaired) electrons. The van der Waals surface area contributed by atoms with Crippen molar-refractivity contribution in [3.63, 3.8) is 0 Å². The maximum atomic E-state index is 12.5. The van der Waals surface area contributed by atoms with E-state index >= 15 is 0 Å². The van der Waals surface area contributed by atoms with Gasteiger partial charge in [-0.25, -0.2) is 0 Å². The van der Waals surface area contributed by atoms with Crippen molar-refractivity contribution in [2.45, 2.75) is 13.0 Å². The van der Waals surface area contributed by atoms with E-state index < -0.39 is 0 Å². The van der Waals surface area contributed by atoms with Crippen molar-refractivity contribution < 1.29 is 9.53 Å². The van der Waals surface area contributed by atoms with Gasteiger partial charge in [0.05, 0.1) is 19.7 Å². The molecule has 1 atom stereocenters. The van der Waals surface area contributed by atoms with Gasteiger partial charge in [-0.05, 0) is 31.2 Å². The molecule has 0 aromatic heterocycles. The summed E-state index contributed by atoms with van der Waals surface area (Å²) >= 11 is 6.08. The van der Waals surface area contributed by atoms with Crippen molar-refractivity contribution in [2.24, 2.45) is 0 Å². The Hall–Kier alpha value is -2.24. The first-order chi connectivity index (χ1) is 13.1. The van der Waals surface area contributed by atoms with Crippen LogP contribution in [0.15, 0.2) is 48.5 Å². The molecule has 5 nitrogen and oxygen atoms in total. The lowest BCUT2D eigenvalue weighted by molar-refractivity contribution is -0.123. The third-order valence-electron chi connectivity index (χ3n) is 4.90. The lowest BCUT2D eigenvalue weighted by atomic mass is 10.1. The molecule has 1 N–H and O–H groups in total. The zero-order chi connectivity index (χ0) is 19.2. The summed E-state index contributed by atoms with van der Waals surface area (Å²) in [5.41, 5.74) is 2.12. The summed E-state index contributed by atoms with van der Waals surface area (Å²) in [5.74, 6) is 0.824. The van der Waals surface area contributed by atoms with Gasteiger partial charge < -0.3 is 15.0 Å². The number of nitrogens with zero attached hydrogens (tertiary/aromatic N) is 2. The van der Waals surface area contributed by atoms with E-state index in [1.165, 1.54) is 0 Å². The van der Waals surface area contributed by atoms with Crippen molar-refractivity contribution in [3.05, 3.63) is 59.1 Å². The predicted octanol–water partition coefficient (Wildman–Crippen LogP) is 3.35. The first kappa shape index (κ1) is 19.5. The number of rotatable bonds is 6. The Balaban J connectivity index is 1.49. The van der Waals surface area contributed by atoms with E-state index in [0.29, 0.717) is 6.54 Å². The van der Waals surface area contributed by atoms with Crippen LogP contribution < -0.4 is 15.0 Å². The van der Waals surface area contributed by atoms with Gasteiger partial charge >= 0.3 is 0 Å². The highest BCUT2D eigenvalue weighted by Crippen LogP contribution is 2.24. The van der Waals surface area contributed by atoms with Crippen LogP contribution in [0.2, 0.25) is 5.02 Å². The number of nitrogens with one attached hydrogen (secondary N) is 1. The monoisotopic (exact) mass is 387 g/mol. The minimum atomic E-state index is -0.0959. The Morgan fingerprint density at radius 1 is 1.15 bits per heavy atom. The number of benzene rings is 2. The highest BCUT2D eigenvalue weighted by atomic mass is 35.5. The molecular weight excluding hydrogens is 362 g/mol. The van der Waals surface area contributed by atoms with Crippen LogP contribution in [0, 0.1) is 0 Å². The molecule has 6 heteroatoms. The van der Waals surface area contributed by atoms with E-state index in [4.69, 9.17) is 16.3 Å². The van der Waals surface area contributed by atoms with Gasteiger partial charge in [-0.3, -0.25) is 9.69 Å². The number of methoxy groups -OCH3 is 1. The second-order valence-electron chi connectivity index (χ2n) is 6.77. The molecule has 144 valence electrons. The zero-order valence-corrected chi connectivity index (χ0v) is 16.6. The van der Waals surface area contributed by atoms with Gasteiger partial charge in [0.1, 0.15) is 5.75 Å². The number of hydrogen-bond acceptors (Lipinski definition) is 4. The summed E-state index contributed by atoms with van der Waals surface area (Å²) < 4.78 is 5.38. The molecule has 1 unspecified atom stereocenters. The molecule has 27 heavy (non-hydrogen) atoms. The Kier molecular flexibility index (Phi) is 6.58. The molecule has 1 heterocycles. The standard InChI is InChI=1S/C21H26ClN3O2/c1-16(19-8-3-4-9-20(19)27-2)23-21(26)15-24-10-12-25(13-11-24)18-7-5-6-17(22)14-18/h3-9,14,16H,10-13,15H2,1-2H3,(H,23,26). The molecule has 2 aromatic carbocycles. The number of piperazine rings is 1. The van der Waals surface area contributed by atoms with Crippen LogP contribution in [0.5, 0.6) is 5.75 Å². The topological polar surface area (TPSA) is 44.8 Å². The normalized spacial score (nSPS) is 16.0. The van der Waals surface area contributed by atoms with Gasteiger partial charge in [0.2, 0.25) is 5.91 Å². The maximum absolute atomic E-state index is 12.5. The van der Waals surface area contributed by atoms with Crippen LogP contribution in [-0.4, -0.2) is 50.6 Å². The van der Waals surface area contributed by atoms with Gasteiger partial charge in [0, 0.05) is 42.5 Å². The lowest BCUT2D eigenvalue weighted by Gasteiger charge is -2.36. The minimum Gasteiger partial charge on any atom is -0.496 e. The number of carbonyl (C=O) groups excluding carboxylic acids is 1. The maximum Gasteiger partial charge on any atom is 0.234 e. The third-order valence-corrected chi connectivity index (χ3v) is 5.13. The minimum absolute atomic E-state index is 0.0320. The summed E-state index contributed by atoms with van der Waals surface area (Å²) in [7, 11) is 1.65. The zero-order valence-electron chi connectivity index (χ0n) is 15.8. The van der Waals surface area contributed by atoms with E-state index in [2.05, 4.69) is 21.2 Å². The molecule has 1 fully saturated rings. The second-order valence-corrected chi connectivity index (χ2v) is 7.21. The SMILES string of the molecule is COc1ccccc1C(C)NC(=O)CN1CCN(c2cccc(Cl)c2)CC1. The van der Waals surface area contributed by atoms with Gasteiger partial charge in [0.15, 0.2) is 0 Å². The molecule has 1 aliphatic heterocycles. The van der Waals surface area contributed by atoms with Crippen molar-refractivity contribution in [3.8, 4) is 5.75 Å². The predicted molar refractivity (Wildman–Crippen MR) is 110 cm³/mol. The Bertz CT molecular complexity index is 776. The fourth-order valence-electron chi connectivity index (χ4n) is 3.43. The van der Waals surface area contributed by atoms with Crippen molar-refractivity contribution >= 4 is 23.2 Å². The van der Waals surface area contributed by atoms with Crippen molar-refractivity contribution in [1.29, 1.82) is 0 Å². The second kappa shape index (κ2) is 9.11. The molecular formula is C21H26ClN3O2. The highest BCUT2D eigenvalue weighted by Gasteiger charge is 2.21. The van der Waals surface area contributed by atoms with E-state index in [9.17, 15) is 4.79 Å².